The first-order chi connectivity index (χ1) is 8.50. The van der Waals surface area contributed by atoms with Crippen molar-refractivity contribution in [3.63, 3.8) is 0 Å². The van der Waals surface area contributed by atoms with E-state index in [4.69, 9.17) is 11.6 Å². The van der Waals surface area contributed by atoms with Crippen LogP contribution in [0.1, 0.15) is 5.56 Å². The predicted octanol–water partition coefficient (Wildman–Crippen LogP) is 3.93. The number of aromatic hydroxyl groups is 1. The van der Waals surface area contributed by atoms with Crippen molar-refractivity contribution in [3.8, 4) is 16.9 Å². The molecule has 2 aromatic carbocycles. The van der Waals surface area contributed by atoms with E-state index in [1.165, 1.54) is 18.2 Å². The largest absolute Gasteiger partial charge is 0.507 e. The maximum Gasteiger partial charge on any atom is 0.269 e. The van der Waals surface area contributed by atoms with Crippen molar-refractivity contribution in [1.29, 1.82) is 0 Å². The highest BCUT2D eigenvalue weighted by Crippen LogP contribution is 2.36. The van der Waals surface area contributed by atoms with E-state index < -0.39 is 4.92 Å². The quantitative estimate of drug-likeness (QED) is 0.659. The van der Waals surface area contributed by atoms with Crippen LogP contribution in [0.3, 0.4) is 0 Å². The second kappa shape index (κ2) is 4.66. The molecule has 0 heterocycles. The van der Waals surface area contributed by atoms with E-state index in [9.17, 15) is 15.2 Å². The molecule has 0 aliphatic rings. The van der Waals surface area contributed by atoms with Crippen molar-refractivity contribution < 1.29 is 10.0 Å². The van der Waals surface area contributed by atoms with E-state index in [2.05, 4.69) is 0 Å². The van der Waals surface area contributed by atoms with Gasteiger partial charge in [-0.25, -0.2) is 0 Å². The Morgan fingerprint density at radius 3 is 2.33 bits per heavy atom. The molecule has 18 heavy (non-hydrogen) atoms. The average molecular weight is 264 g/mol. The van der Waals surface area contributed by atoms with Gasteiger partial charge >= 0.3 is 0 Å². The van der Waals surface area contributed by atoms with Gasteiger partial charge in [-0.05, 0) is 42.3 Å². The number of hydrogen-bond donors (Lipinski definition) is 1. The lowest BCUT2D eigenvalue weighted by molar-refractivity contribution is -0.384. The number of nitro groups is 1. The van der Waals surface area contributed by atoms with Gasteiger partial charge in [0.25, 0.3) is 5.69 Å². The molecule has 4 nitrogen and oxygen atoms in total. The topological polar surface area (TPSA) is 63.4 Å². The van der Waals surface area contributed by atoms with Crippen LogP contribution in [0.5, 0.6) is 5.75 Å². The first-order valence-corrected chi connectivity index (χ1v) is 5.61. The lowest BCUT2D eigenvalue weighted by Crippen LogP contribution is -1.89. The first kappa shape index (κ1) is 12.4. The Bertz CT molecular complexity index is 608. The second-order valence-corrected chi connectivity index (χ2v) is 4.28. The highest BCUT2D eigenvalue weighted by atomic mass is 35.5. The van der Waals surface area contributed by atoms with Gasteiger partial charge in [0, 0.05) is 22.7 Å². The summed E-state index contributed by atoms with van der Waals surface area (Å²) in [5.74, 6) is 0.103. The molecule has 1 N–H and O–H groups in total. The monoisotopic (exact) mass is 263 g/mol. The van der Waals surface area contributed by atoms with Crippen LogP contribution >= 0.6 is 11.6 Å². The second-order valence-electron chi connectivity index (χ2n) is 3.87. The summed E-state index contributed by atoms with van der Waals surface area (Å²) < 4.78 is 0. The molecule has 0 bridgehead atoms. The lowest BCUT2D eigenvalue weighted by Gasteiger charge is -2.10. The normalized spacial score (nSPS) is 10.3. The molecule has 0 amide bonds. The summed E-state index contributed by atoms with van der Waals surface area (Å²) in [5, 5.41) is 21.0. The van der Waals surface area contributed by atoms with Crippen LogP contribution in [0.15, 0.2) is 36.4 Å². The zero-order chi connectivity index (χ0) is 13.3. The minimum absolute atomic E-state index is 0.0120. The van der Waals surface area contributed by atoms with Crippen LogP contribution in [0.25, 0.3) is 11.1 Å². The standard InChI is InChI=1S/C13H10ClNO3/c1-8-11(14)6-7-12(16)13(8)9-2-4-10(5-3-9)15(17)18/h2-7,16H,1H3. The van der Waals surface area contributed by atoms with E-state index in [0.717, 1.165) is 5.56 Å². The maximum atomic E-state index is 10.6. The molecular formula is C13H10ClNO3. The summed E-state index contributed by atoms with van der Waals surface area (Å²) in [5.41, 5.74) is 2.04. The molecule has 0 aromatic heterocycles. The van der Waals surface area contributed by atoms with Gasteiger partial charge in [-0.3, -0.25) is 10.1 Å². The number of halogens is 1. The van der Waals surface area contributed by atoms with Crippen LogP contribution in [0, 0.1) is 17.0 Å². The lowest BCUT2D eigenvalue weighted by atomic mass is 9.99. The molecule has 2 aromatic rings. The Balaban J connectivity index is 2.55. The van der Waals surface area contributed by atoms with E-state index >= 15 is 0 Å². The van der Waals surface area contributed by atoms with Gasteiger partial charge in [0.05, 0.1) is 4.92 Å². The summed E-state index contributed by atoms with van der Waals surface area (Å²) in [7, 11) is 0. The van der Waals surface area contributed by atoms with Crippen LogP contribution in [-0.4, -0.2) is 10.0 Å². The molecule has 0 aliphatic heterocycles. The zero-order valence-electron chi connectivity index (χ0n) is 9.55. The fraction of sp³-hybridized carbons (Fsp3) is 0.0769. The number of phenolic OH excluding ortho intramolecular Hbond substituents is 1. The number of non-ortho nitro benzene ring substituents is 1. The maximum absolute atomic E-state index is 10.6. The molecule has 0 saturated heterocycles. The SMILES string of the molecule is Cc1c(Cl)ccc(O)c1-c1ccc([N+](=O)[O-])cc1. The molecule has 92 valence electrons. The van der Waals surface area contributed by atoms with Crippen LogP contribution in [-0.2, 0) is 0 Å². The Kier molecular flexibility index (Phi) is 3.21. The van der Waals surface area contributed by atoms with E-state index in [1.807, 2.05) is 0 Å². The van der Waals surface area contributed by atoms with Gasteiger partial charge in [-0.2, -0.15) is 0 Å². The molecule has 0 aliphatic carbocycles. The van der Waals surface area contributed by atoms with Gasteiger partial charge in [0.1, 0.15) is 5.75 Å². The van der Waals surface area contributed by atoms with Crippen molar-refractivity contribution in [2.24, 2.45) is 0 Å². The van der Waals surface area contributed by atoms with E-state index in [-0.39, 0.29) is 11.4 Å². The van der Waals surface area contributed by atoms with Gasteiger partial charge in [0.2, 0.25) is 0 Å². The summed E-state index contributed by atoms with van der Waals surface area (Å²) in [6.45, 7) is 1.79. The molecule has 0 spiro atoms. The summed E-state index contributed by atoms with van der Waals surface area (Å²) in [4.78, 5) is 10.1. The molecule has 0 atom stereocenters. The van der Waals surface area contributed by atoms with Crippen molar-refractivity contribution in [1.82, 2.24) is 0 Å². The Hall–Kier alpha value is -2.07. The number of benzene rings is 2. The predicted molar refractivity (Wildman–Crippen MR) is 69.9 cm³/mol. The van der Waals surface area contributed by atoms with Crippen molar-refractivity contribution in [2.75, 3.05) is 0 Å². The fourth-order valence-electron chi connectivity index (χ4n) is 1.79. The third-order valence-electron chi connectivity index (χ3n) is 2.74. The fourth-order valence-corrected chi connectivity index (χ4v) is 1.94. The number of nitro benzene ring substituents is 1. The molecule has 0 saturated carbocycles. The van der Waals surface area contributed by atoms with Gasteiger partial charge in [-0.1, -0.05) is 11.6 Å². The summed E-state index contributed by atoms with van der Waals surface area (Å²) in [6, 6.07) is 9.10. The average Bonchev–Trinajstić information content (AvgIpc) is 2.35. The first-order valence-electron chi connectivity index (χ1n) is 5.23. The minimum Gasteiger partial charge on any atom is -0.507 e. The minimum atomic E-state index is -0.464. The molecule has 0 radical (unpaired) electrons. The smallest absolute Gasteiger partial charge is 0.269 e. The van der Waals surface area contributed by atoms with Gasteiger partial charge < -0.3 is 5.11 Å². The number of nitrogens with zero attached hydrogens (tertiary/aromatic N) is 1. The Labute approximate surface area is 109 Å². The number of phenols is 1. The molecule has 0 fully saturated rings. The Morgan fingerprint density at radius 2 is 1.78 bits per heavy atom. The number of rotatable bonds is 2. The van der Waals surface area contributed by atoms with Crippen molar-refractivity contribution in [3.05, 3.63) is 57.1 Å². The van der Waals surface area contributed by atoms with Crippen LogP contribution < -0.4 is 0 Å². The third-order valence-corrected chi connectivity index (χ3v) is 3.15. The van der Waals surface area contributed by atoms with E-state index in [0.29, 0.717) is 16.1 Å². The number of hydrogen-bond acceptors (Lipinski definition) is 3. The molecule has 0 unspecified atom stereocenters. The highest BCUT2D eigenvalue weighted by Gasteiger charge is 2.12. The van der Waals surface area contributed by atoms with Crippen LogP contribution in [0.4, 0.5) is 5.69 Å². The van der Waals surface area contributed by atoms with Crippen LogP contribution in [0.2, 0.25) is 5.02 Å². The summed E-state index contributed by atoms with van der Waals surface area (Å²) in [6.07, 6.45) is 0. The molecular weight excluding hydrogens is 254 g/mol. The van der Waals surface area contributed by atoms with Crippen molar-refractivity contribution >= 4 is 17.3 Å². The summed E-state index contributed by atoms with van der Waals surface area (Å²) >= 11 is 6.00. The highest BCUT2D eigenvalue weighted by molar-refractivity contribution is 6.31. The zero-order valence-corrected chi connectivity index (χ0v) is 10.3. The molecule has 5 heteroatoms. The Morgan fingerprint density at radius 1 is 1.17 bits per heavy atom. The van der Waals surface area contributed by atoms with E-state index in [1.54, 1.807) is 25.1 Å². The van der Waals surface area contributed by atoms with Crippen molar-refractivity contribution in [2.45, 2.75) is 6.92 Å². The van der Waals surface area contributed by atoms with Gasteiger partial charge in [-0.15, -0.1) is 0 Å². The third kappa shape index (κ3) is 2.15. The molecule has 2 rings (SSSR count). The van der Waals surface area contributed by atoms with Gasteiger partial charge in [0.15, 0.2) is 0 Å².